The smallest absolute Gasteiger partial charge is 0.416 e. The Morgan fingerprint density at radius 3 is 2.58 bits per heavy atom. The summed E-state index contributed by atoms with van der Waals surface area (Å²) in [5.41, 5.74) is 1.84. The molecule has 3 aromatic carbocycles. The molecular formula is C38H39F3N2O9. The van der Waals surface area contributed by atoms with Crippen LogP contribution in [-0.4, -0.2) is 77.8 Å². The number of benzene rings is 3. The van der Waals surface area contributed by atoms with Crippen LogP contribution < -0.4 is 18.9 Å². The summed E-state index contributed by atoms with van der Waals surface area (Å²) in [5.74, 6) is 0.196. The van der Waals surface area contributed by atoms with Crippen molar-refractivity contribution in [1.82, 2.24) is 9.80 Å². The molecule has 0 saturated carbocycles. The maximum Gasteiger partial charge on any atom is 0.416 e. The van der Waals surface area contributed by atoms with Crippen LogP contribution in [0.3, 0.4) is 0 Å². The van der Waals surface area contributed by atoms with Crippen molar-refractivity contribution in [3.05, 3.63) is 80.9 Å². The Morgan fingerprint density at radius 1 is 1.12 bits per heavy atom. The van der Waals surface area contributed by atoms with Crippen LogP contribution in [-0.2, 0) is 33.3 Å². The molecule has 2 bridgehead atoms. The minimum atomic E-state index is -4.53. The van der Waals surface area contributed by atoms with Crippen LogP contribution in [0.4, 0.5) is 13.2 Å². The van der Waals surface area contributed by atoms with E-state index in [-0.39, 0.29) is 50.5 Å². The van der Waals surface area contributed by atoms with Gasteiger partial charge in [-0.2, -0.15) is 13.2 Å². The third-order valence-electron chi connectivity index (χ3n) is 10.4. The lowest BCUT2D eigenvalue weighted by molar-refractivity contribution is -0.208. The van der Waals surface area contributed by atoms with Crippen LogP contribution in [0.15, 0.2) is 36.4 Å². The molecule has 4 atom stereocenters. The van der Waals surface area contributed by atoms with Crippen LogP contribution in [0.25, 0.3) is 6.08 Å². The van der Waals surface area contributed by atoms with Gasteiger partial charge in [0.15, 0.2) is 23.0 Å². The number of hydrogen-bond donors (Lipinski definition) is 2. The molecule has 11 nitrogen and oxygen atoms in total. The molecule has 5 aliphatic rings. The minimum Gasteiger partial charge on any atom is -0.504 e. The molecule has 14 heteroatoms. The maximum absolute atomic E-state index is 13.2. The van der Waals surface area contributed by atoms with E-state index in [1.807, 2.05) is 29.8 Å². The Kier molecular flexibility index (Phi) is 8.91. The number of ether oxygens (including phenoxy) is 5. The van der Waals surface area contributed by atoms with E-state index in [1.165, 1.54) is 32.2 Å². The van der Waals surface area contributed by atoms with E-state index >= 15 is 0 Å². The molecule has 0 radical (unpaired) electrons. The number of phenolic OH excluding ortho intramolecular Hbond substituents is 1. The van der Waals surface area contributed by atoms with Gasteiger partial charge < -0.3 is 33.9 Å². The first-order chi connectivity index (χ1) is 24.6. The summed E-state index contributed by atoms with van der Waals surface area (Å²) in [5, 5.41) is 24.4. The van der Waals surface area contributed by atoms with Gasteiger partial charge in [0.2, 0.25) is 6.79 Å². The fourth-order valence-electron chi connectivity index (χ4n) is 8.65. The number of halogens is 3. The van der Waals surface area contributed by atoms with Gasteiger partial charge in [-0.1, -0.05) is 18.2 Å². The third-order valence-corrected chi connectivity index (χ3v) is 10.4. The van der Waals surface area contributed by atoms with Crippen LogP contribution >= 0.6 is 0 Å². The van der Waals surface area contributed by atoms with E-state index < -0.39 is 47.5 Å². The summed E-state index contributed by atoms with van der Waals surface area (Å²) in [6.07, 6.45) is -1.62. The van der Waals surface area contributed by atoms with Gasteiger partial charge >= 0.3 is 18.1 Å². The van der Waals surface area contributed by atoms with Crippen molar-refractivity contribution >= 4 is 18.0 Å². The van der Waals surface area contributed by atoms with Gasteiger partial charge in [-0.15, -0.1) is 0 Å². The topological polar surface area (TPSA) is 127 Å². The van der Waals surface area contributed by atoms with Gasteiger partial charge in [0, 0.05) is 66.7 Å². The highest BCUT2D eigenvalue weighted by atomic mass is 19.4. The second kappa shape index (κ2) is 13.0. The van der Waals surface area contributed by atoms with Crippen LogP contribution in [0.1, 0.15) is 69.9 Å². The van der Waals surface area contributed by atoms with Crippen molar-refractivity contribution in [3.63, 3.8) is 0 Å². The van der Waals surface area contributed by atoms with E-state index in [9.17, 15) is 33.0 Å². The maximum atomic E-state index is 13.2. The number of piperazine rings is 1. The highest BCUT2D eigenvalue weighted by Crippen LogP contribution is 2.60. The molecule has 1 unspecified atom stereocenters. The summed E-state index contributed by atoms with van der Waals surface area (Å²) in [6, 6.07) is 4.92. The highest BCUT2D eigenvalue weighted by Gasteiger charge is 2.59. The van der Waals surface area contributed by atoms with Gasteiger partial charge in [0.1, 0.15) is 11.5 Å². The molecule has 0 amide bonds. The number of aromatic hydroxyl groups is 1. The van der Waals surface area contributed by atoms with Crippen LogP contribution in [0.2, 0.25) is 0 Å². The first-order valence-corrected chi connectivity index (χ1v) is 16.9. The number of carbonyl (C=O) groups is 2. The van der Waals surface area contributed by atoms with Gasteiger partial charge in [0.05, 0.1) is 25.3 Å². The lowest BCUT2D eigenvalue weighted by Crippen LogP contribution is -2.68. The number of alkyl halides is 3. The first-order valence-electron chi connectivity index (χ1n) is 16.9. The number of methoxy groups -OCH3 is 1. The number of hydrogen-bond acceptors (Lipinski definition) is 11. The fraction of sp³-hybridized carbons (Fsp3) is 0.421. The Morgan fingerprint density at radius 2 is 1.87 bits per heavy atom. The molecule has 3 aromatic rings. The highest BCUT2D eigenvalue weighted by molar-refractivity contribution is 5.87. The lowest BCUT2D eigenvalue weighted by atomic mass is 9.77. The van der Waals surface area contributed by atoms with Crippen LogP contribution in [0.5, 0.6) is 28.7 Å². The number of likely N-dealkylation sites (N-methyl/N-ethyl adjacent to an activating group) is 1. The van der Waals surface area contributed by atoms with Crippen molar-refractivity contribution in [1.29, 1.82) is 0 Å². The Balaban J connectivity index is 1.29. The molecule has 276 valence electrons. The van der Waals surface area contributed by atoms with Gasteiger partial charge in [-0.3, -0.25) is 14.6 Å². The number of aryl methyl sites for hydroxylation is 1. The number of esters is 2. The quantitative estimate of drug-likeness (QED) is 0.181. The largest absolute Gasteiger partial charge is 0.504 e. The van der Waals surface area contributed by atoms with Crippen molar-refractivity contribution in [2.24, 2.45) is 0 Å². The molecule has 0 aliphatic carbocycles. The van der Waals surface area contributed by atoms with Crippen molar-refractivity contribution in [3.8, 4) is 28.7 Å². The molecule has 52 heavy (non-hydrogen) atoms. The zero-order chi connectivity index (χ0) is 37.3. The Bertz CT molecular complexity index is 2000. The summed E-state index contributed by atoms with van der Waals surface area (Å²) in [4.78, 5) is 29.4. The Hall–Kier alpha value is -4.79. The van der Waals surface area contributed by atoms with Crippen molar-refractivity contribution in [2.75, 3.05) is 34.1 Å². The molecule has 8 rings (SSSR count). The lowest BCUT2D eigenvalue weighted by Gasteiger charge is -2.58. The van der Waals surface area contributed by atoms with E-state index in [0.717, 1.165) is 23.8 Å². The van der Waals surface area contributed by atoms with Gasteiger partial charge in [-0.05, 0) is 62.2 Å². The van der Waals surface area contributed by atoms with Crippen LogP contribution in [0, 0.1) is 13.8 Å². The second-order valence-electron chi connectivity index (χ2n) is 13.8. The summed E-state index contributed by atoms with van der Waals surface area (Å²) < 4.78 is 68.6. The van der Waals surface area contributed by atoms with Gasteiger partial charge in [0.25, 0.3) is 0 Å². The number of carbonyl (C=O) groups excluding carboxylic acids is 2. The normalized spacial score (nSPS) is 23.5. The predicted molar refractivity (Wildman–Crippen MR) is 180 cm³/mol. The summed E-state index contributed by atoms with van der Waals surface area (Å²) in [7, 11) is 3.38. The molecule has 0 aromatic heterocycles. The fourth-order valence-corrected chi connectivity index (χ4v) is 8.65. The Labute approximate surface area is 298 Å². The SMILES string of the molecule is COc1c(C)cc2c(c1O)[C@@H]1C3Cc4c(OC(C)=O)c(C)c5c(c4[C@H](CCOC(=O)/C=C/c4cccc(C(F)(F)F)c4)N3[C@@](O)(C2)CN1C)OCO5. The number of phenols is 1. The second-order valence-corrected chi connectivity index (χ2v) is 13.8. The molecule has 0 spiro atoms. The van der Waals surface area contributed by atoms with Crippen molar-refractivity contribution < 1.29 is 56.7 Å². The molecule has 5 heterocycles. The van der Waals surface area contributed by atoms with Crippen molar-refractivity contribution in [2.45, 2.75) is 70.1 Å². The average Bonchev–Trinajstić information content (AvgIpc) is 3.49. The van der Waals surface area contributed by atoms with Gasteiger partial charge in [-0.25, -0.2) is 4.79 Å². The van der Waals surface area contributed by atoms with E-state index in [2.05, 4.69) is 0 Å². The monoisotopic (exact) mass is 724 g/mol. The molecule has 5 aliphatic heterocycles. The number of rotatable bonds is 7. The third kappa shape index (κ3) is 5.92. The first kappa shape index (κ1) is 35.6. The number of aliphatic hydroxyl groups is 1. The van der Waals surface area contributed by atoms with E-state index in [4.69, 9.17) is 23.7 Å². The zero-order valence-corrected chi connectivity index (χ0v) is 29.3. The minimum absolute atomic E-state index is 0.00800. The molecule has 1 saturated heterocycles. The summed E-state index contributed by atoms with van der Waals surface area (Å²) in [6.45, 7) is 4.90. The zero-order valence-electron chi connectivity index (χ0n) is 29.3. The molecule has 2 N–H and O–H groups in total. The number of fused-ring (bicyclic) bond motifs is 4. The number of nitrogens with zero attached hydrogens (tertiary/aromatic N) is 2. The molecule has 1 fully saturated rings. The average molecular weight is 725 g/mol. The van der Waals surface area contributed by atoms with E-state index in [1.54, 1.807) is 6.92 Å². The molecular weight excluding hydrogens is 685 g/mol. The van der Waals surface area contributed by atoms with E-state index in [0.29, 0.717) is 50.8 Å². The summed E-state index contributed by atoms with van der Waals surface area (Å²) >= 11 is 0. The predicted octanol–water partition coefficient (Wildman–Crippen LogP) is 5.54. The standard InChI is InChI=1S/C38H39F3N2O9/c1-19-13-23-16-37(47)17-42(4)31(29(23)32(46)33(19)48-5)27-15-25-30(36-35(50-18-51-36)20(2)34(25)52-21(3)44)26(43(27)37)11-12-49-28(45)10-9-22-7-6-8-24(14-22)38(39,40)41/h6-10,13-14,26-27,31,46-47H,11-12,15-18H2,1-5H3/b10-9+/t26-,27?,31-,37+/m0/s1.